The predicted molar refractivity (Wildman–Crippen MR) is 69.4 cm³/mol. The summed E-state index contributed by atoms with van der Waals surface area (Å²) < 4.78 is 1.99. The number of hydrogen-bond acceptors (Lipinski definition) is 2. The van der Waals surface area contributed by atoms with Crippen molar-refractivity contribution >= 4 is 5.97 Å². The Morgan fingerprint density at radius 1 is 1.67 bits per heavy atom. The number of aliphatic carboxylic acids is 1. The van der Waals surface area contributed by atoms with Crippen LogP contribution in [0, 0.1) is 5.41 Å². The first-order valence-corrected chi connectivity index (χ1v) is 6.46. The van der Waals surface area contributed by atoms with E-state index in [0.717, 1.165) is 5.69 Å². The lowest BCUT2D eigenvalue weighted by Crippen LogP contribution is -2.27. The highest BCUT2D eigenvalue weighted by Crippen LogP contribution is 2.29. The number of rotatable bonds is 5. The lowest BCUT2D eigenvalue weighted by molar-refractivity contribution is -0.145. The van der Waals surface area contributed by atoms with Crippen molar-refractivity contribution in [3.63, 3.8) is 0 Å². The summed E-state index contributed by atoms with van der Waals surface area (Å²) >= 11 is 0. The summed E-state index contributed by atoms with van der Waals surface area (Å²) in [5.74, 6) is -0.854. The van der Waals surface area contributed by atoms with Gasteiger partial charge in [0.15, 0.2) is 0 Å². The largest absolute Gasteiger partial charge is 0.481 e. The molecule has 0 radical (unpaired) electrons. The first kappa shape index (κ1) is 12.9. The minimum absolute atomic E-state index is 0.394. The van der Waals surface area contributed by atoms with Crippen molar-refractivity contribution in [2.24, 2.45) is 5.41 Å². The van der Waals surface area contributed by atoms with Crippen molar-refractivity contribution < 1.29 is 9.90 Å². The Bertz CT molecular complexity index is 446. The second-order valence-corrected chi connectivity index (χ2v) is 5.33. The van der Waals surface area contributed by atoms with Gasteiger partial charge < -0.3 is 5.11 Å². The highest BCUT2D eigenvalue weighted by Gasteiger charge is 2.31. The Morgan fingerprint density at radius 2 is 2.33 bits per heavy atom. The van der Waals surface area contributed by atoms with Gasteiger partial charge in [0.05, 0.1) is 17.2 Å². The number of carboxylic acid groups (broad SMARTS) is 1. The van der Waals surface area contributed by atoms with Gasteiger partial charge in [-0.1, -0.05) is 18.9 Å². The molecular weight excluding hydrogens is 228 g/mol. The van der Waals surface area contributed by atoms with Gasteiger partial charge in [0.2, 0.25) is 0 Å². The molecule has 1 aromatic heterocycles. The second-order valence-electron chi connectivity index (χ2n) is 5.33. The SMILES string of the molecule is C=CC(C)(Cc1ccn(C2CCCC2)n1)C(=O)O. The average Bonchev–Trinajstić information content (AvgIpc) is 2.97. The summed E-state index contributed by atoms with van der Waals surface area (Å²) in [6.07, 6.45) is 8.74. The van der Waals surface area contributed by atoms with Crippen LogP contribution in [-0.2, 0) is 11.2 Å². The molecule has 1 unspecified atom stereocenters. The van der Waals surface area contributed by atoms with E-state index in [1.54, 1.807) is 6.92 Å². The smallest absolute Gasteiger partial charge is 0.313 e. The highest BCUT2D eigenvalue weighted by molar-refractivity contribution is 5.76. The van der Waals surface area contributed by atoms with Crippen LogP contribution < -0.4 is 0 Å². The maximum atomic E-state index is 11.2. The Balaban J connectivity index is 2.10. The Labute approximate surface area is 107 Å². The van der Waals surface area contributed by atoms with Crippen LogP contribution in [0.25, 0.3) is 0 Å². The predicted octanol–water partition coefficient (Wildman–Crippen LogP) is 2.82. The molecule has 1 atom stereocenters. The zero-order valence-electron chi connectivity index (χ0n) is 10.8. The summed E-state index contributed by atoms with van der Waals surface area (Å²) in [6.45, 7) is 5.30. The fourth-order valence-corrected chi connectivity index (χ4v) is 2.46. The van der Waals surface area contributed by atoms with Gasteiger partial charge in [0.25, 0.3) is 0 Å². The van der Waals surface area contributed by atoms with Gasteiger partial charge in [-0.05, 0) is 25.8 Å². The van der Waals surface area contributed by atoms with Crippen LogP contribution in [-0.4, -0.2) is 20.9 Å². The number of aromatic nitrogens is 2. The molecule has 98 valence electrons. The zero-order chi connectivity index (χ0) is 13.2. The van der Waals surface area contributed by atoms with Crippen LogP contribution >= 0.6 is 0 Å². The molecule has 18 heavy (non-hydrogen) atoms. The van der Waals surface area contributed by atoms with E-state index in [4.69, 9.17) is 0 Å². The summed E-state index contributed by atoms with van der Waals surface area (Å²) in [6, 6.07) is 2.42. The van der Waals surface area contributed by atoms with E-state index in [2.05, 4.69) is 11.7 Å². The normalized spacial score (nSPS) is 19.6. The van der Waals surface area contributed by atoms with Gasteiger partial charge in [-0.2, -0.15) is 5.10 Å². The molecule has 4 nitrogen and oxygen atoms in total. The van der Waals surface area contributed by atoms with Crippen LogP contribution in [0.2, 0.25) is 0 Å². The van der Waals surface area contributed by atoms with Crippen molar-refractivity contribution in [2.45, 2.75) is 45.1 Å². The first-order chi connectivity index (χ1) is 8.55. The minimum Gasteiger partial charge on any atom is -0.481 e. The summed E-state index contributed by atoms with van der Waals surface area (Å²) in [5.41, 5.74) is -0.110. The van der Waals surface area contributed by atoms with Gasteiger partial charge in [0.1, 0.15) is 0 Å². The lowest BCUT2D eigenvalue weighted by atomic mass is 9.86. The third-order valence-electron chi connectivity index (χ3n) is 3.85. The Hall–Kier alpha value is -1.58. The Kier molecular flexibility index (Phi) is 3.55. The van der Waals surface area contributed by atoms with E-state index in [-0.39, 0.29) is 0 Å². The lowest BCUT2D eigenvalue weighted by Gasteiger charge is -2.18. The van der Waals surface area contributed by atoms with Gasteiger partial charge >= 0.3 is 5.97 Å². The number of carbonyl (C=O) groups is 1. The average molecular weight is 248 g/mol. The van der Waals surface area contributed by atoms with E-state index < -0.39 is 11.4 Å². The molecule has 1 N–H and O–H groups in total. The van der Waals surface area contributed by atoms with E-state index in [9.17, 15) is 9.90 Å². The van der Waals surface area contributed by atoms with Crippen molar-refractivity contribution in [2.75, 3.05) is 0 Å². The van der Waals surface area contributed by atoms with Crippen molar-refractivity contribution in [1.82, 2.24) is 9.78 Å². The van der Waals surface area contributed by atoms with Crippen molar-refractivity contribution in [3.8, 4) is 0 Å². The minimum atomic E-state index is -0.936. The topological polar surface area (TPSA) is 55.1 Å². The molecular formula is C14H20N2O2. The van der Waals surface area contributed by atoms with Crippen molar-refractivity contribution in [1.29, 1.82) is 0 Å². The third-order valence-corrected chi connectivity index (χ3v) is 3.85. The van der Waals surface area contributed by atoms with Gasteiger partial charge in [-0.3, -0.25) is 9.48 Å². The number of nitrogens with zero attached hydrogens (tertiary/aromatic N) is 2. The molecule has 0 amide bonds. The molecule has 0 bridgehead atoms. The Morgan fingerprint density at radius 3 is 2.89 bits per heavy atom. The maximum absolute atomic E-state index is 11.2. The molecule has 2 rings (SSSR count). The van der Waals surface area contributed by atoms with Crippen LogP contribution in [0.3, 0.4) is 0 Å². The summed E-state index contributed by atoms with van der Waals surface area (Å²) in [4.78, 5) is 11.2. The molecule has 1 aliphatic carbocycles. The standard InChI is InChI=1S/C14H20N2O2/c1-3-14(2,13(17)18)10-11-8-9-16(15-11)12-6-4-5-7-12/h3,8-9,12H,1,4-7,10H2,2H3,(H,17,18). The van der Waals surface area contributed by atoms with E-state index in [0.29, 0.717) is 12.5 Å². The molecule has 1 heterocycles. The fourth-order valence-electron chi connectivity index (χ4n) is 2.46. The molecule has 1 aromatic rings. The second kappa shape index (κ2) is 4.96. The highest BCUT2D eigenvalue weighted by atomic mass is 16.4. The third kappa shape index (κ3) is 2.47. The van der Waals surface area contributed by atoms with Gasteiger partial charge in [0, 0.05) is 12.6 Å². The van der Waals surface area contributed by atoms with E-state index in [1.165, 1.54) is 31.8 Å². The van der Waals surface area contributed by atoms with Crippen LogP contribution in [0.4, 0.5) is 0 Å². The fraction of sp³-hybridized carbons (Fsp3) is 0.571. The maximum Gasteiger partial charge on any atom is 0.313 e. The monoisotopic (exact) mass is 248 g/mol. The number of hydrogen-bond donors (Lipinski definition) is 1. The van der Waals surface area contributed by atoms with E-state index >= 15 is 0 Å². The molecule has 1 aliphatic rings. The first-order valence-electron chi connectivity index (χ1n) is 6.46. The molecule has 1 fully saturated rings. The molecule has 0 spiro atoms. The zero-order valence-corrected chi connectivity index (χ0v) is 10.8. The van der Waals surface area contributed by atoms with E-state index in [1.807, 2.05) is 16.9 Å². The summed E-state index contributed by atoms with van der Waals surface area (Å²) in [7, 11) is 0. The summed E-state index contributed by atoms with van der Waals surface area (Å²) in [5, 5.41) is 13.7. The molecule has 0 aromatic carbocycles. The van der Waals surface area contributed by atoms with Gasteiger partial charge in [-0.15, -0.1) is 6.58 Å². The molecule has 0 saturated heterocycles. The van der Waals surface area contributed by atoms with Crippen LogP contribution in [0.15, 0.2) is 24.9 Å². The molecule has 4 heteroatoms. The molecule has 0 aliphatic heterocycles. The van der Waals surface area contributed by atoms with Crippen LogP contribution in [0.1, 0.15) is 44.3 Å². The molecule has 1 saturated carbocycles. The number of carboxylic acids is 1. The van der Waals surface area contributed by atoms with Crippen molar-refractivity contribution in [3.05, 3.63) is 30.6 Å². The quantitative estimate of drug-likeness (QED) is 0.815. The van der Waals surface area contributed by atoms with Crippen LogP contribution in [0.5, 0.6) is 0 Å². The van der Waals surface area contributed by atoms with Gasteiger partial charge in [-0.25, -0.2) is 0 Å².